The van der Waals surface area contributed by atoms with Gasteiger partial charge in [0, 0.05) is 6.42 Å². The van der Waals surface area contributed by atoms with E-state index in [0.717, 1.165) is 0 Å². The Morgan fingerprint density at radius 3 is 2.52 bits per heavy atom. The fraction of sp³-hybridized carbons (Fsp3) is 0.250. The number of nitrogens with zero attached hydrogens (tertiary/aromatic N) is 2. The summed E-state index contributed by atoms with van der Waals surface area (Å²) >= 11 is 0. The molecule has 3 rings (SSSR count). The summed E-state index contributed by atoms with van der Waals surface area (Å²) in [6.45, 7) is 0. The summed E-state index contributed by atoms with van der Waals surface area (Å²) in [4.78, 5) is 34.4. The molecule has 1 aromatic carbocycles. The zero-order chi connectivity index (χ0) is 16.6. The molecule has 0 atom stereocenters. The van der Waals surface area contributed by atoms with Crippen molar-refractivity contribution in [2.45, 2.75) is 25.7 Å². The van der Waals surface area contributed by atoms with Crippen molar-refractivity contribution in [1.82, 2.24) is 9.78 Å². The maximum Gasteiger partial charge on any atom is 0.307 e. The van der Waals surface area contributed by atoms with Crippen molar-refractivity contribution >= 4 is 17.7 Å². The van der Waals surface area contributed by atoms with Gasteiger partial charge >= 0.3 is 5.97 Å². The number of carbonyl (C=O) groups is 3. The third-order valence-corrected chi connectivity index (χ3v) is 3.85. The Morgan fingerprint density at radius 1 is 1.22 bits per heavy atom. The summed E-state index contributed by atoms with van der Waals surface area (Å²) in [5, 5.41) is 13.0. The smallest absolute Gasteiger partial charge is 0.307 e. The number of aliphatic carboxylic acids is 1. The van der Waals surface area contributed by atoms with Gasteiger partial charge in [0.25, 0.3) is 5.91 Å². The molecule has 0 saturated heterocycles. The molecule has 0 saturated carbocycles. The van der Waals surface area contributed by atoms with Crippen molar-refractivity contribution in [2.24, 2.45) is 5.73 Å². The normalized spacial score (nSPS) is 13.7. The summed E-state index contributed by atoms with van der Waals surface area (Å²) in [7, 11) is 0. The van der Waals surface area contributed by atoms with Gasteiger partial charge in [0.15, 0.2) is 11.5 Å². The Bertz CT molecular complexity index is 805. The topological polar surface area (TPSA) is 115 Å². The Hall–Kier alpha value is -2.96. The second-order valence-corrected chi connectivity index (χ2v) is 5.46. The van der Waals surface area contributed by atoms with Crippen molar-refractivity contribution < 1.29 is 19.5 Å². The maximum atomic E-state index is 12.1. The Balaban J connectivity index is 2.06. The molecule has 118 valence electrons. The number of aromatic nitrogens is 2. The largest absolute Gasteiger partial charge is 0.481 e. The predicted octanol–water partition coefficient (Wildman–Crippen LogP) is 1.12. The van der Waals surface area contributed by atoms with Gasteiger partial charge in [0.05, 0.1) is 23.4 Å². The highest BCUT2D eigenvalue weighted by Gasteiger charge is 2.29. The number of benzene rings is 1. The van der Waals surface area contributed by atoms with Crippen molar-refractivity contribution in [1.29, 1.82) is 0 Å². The molecule has 1 aromatic heterocycles. The Labute approximate surface area is 131 Å². The SMILES string of the molecule is NC(=O)c1nn(-c2ccc(CC(=O)O)cc2)c2c1C(=O)CCC2. The third-order valence-electron chi connectivity index (χ3n) is 3.85. The van der Waals surface area contributed by atoms with Crippen molar-refractivity contribution in [3.8, 4) is 5.69 Å². The van der Waals surface area contributed by atoms with Crippen molar-refractivity contribution in [3.05, 3.63) is 46.8 Å². The number of carbonyl (C=O) groups excluding carboxylic acids is 2. The molecule has 0 unspecified atom stereocenters. The Morgan fingerprint density at radius 2 is 1.91 bits per heavy atom. The van der Waals surface area contributed by atoms with Crippen molar-refractivity contribution in [3.63, 3.8) is 0 Å². The number of carboxylic acid groups (broad SMARTS) is 1. The van der Waals surface area contributed by atoms with Gasteiger partial charge in [-0.05, 0) is 30.5 Å². The molecule has 7 nitrogen and oxygen atoms in total. The van der Waals surface area contributed by atoms with Crippen LogP contribution in [0.1, 0.15) is 44.9 Å². The van der Waals surface area contributed by atoms with Gasteiger partial charge in [0.2, 0.25) is 0 Å². The number of hydrogen-bond donors (Lipinski definition) is 2. The van der Waals surface area contributed by atoms with E-state index >= 15 is 0 Å². The first-order valence-electron chi connectivity index (χ1n) is 7.23. The van der Waals surface area contributed by atoms with Gasteiger partial charge in [-0.25, -0.2) is 4.68 Å². The van der Waals surface area contributed by atoms with Gasteiger partial charge in [-0.1, -0.05) is 12.1 Å². The standard InChI is InChI=1S/C16H15N3O4/c17-16(23)15-14-11(2-1-3-12(14)20)19(18-15)10-6-4-9(5-7-10)8-13(21)22/h4-7H,1-3,8H2,(H2,17,23)(H,21,22). The van der Waals surface area contributed by atoms with Crippen LogP contribution in [-0.4, -0.2) is 32.5 Å². The quantitative estimate of drug-likeness (QED) is 0.877. The second kappa shape index (κ2) is 5.68. The molecule has 0 spiro atoms. The number of fused-ring (bicyclic) bond motifs is 1. The van der Waals surface area contributed by atoms with E-state index in [9.17, 15) is 14.4 Å². The second-order valence-electron chi connectivity index (χ2n) is 5.46. The van der Waals surface area contributed by atoms with E-state index in [-0.39, 0.29) is 17.9 Å². The minimum absolute atomic E-state index is 0.000637. The van der Waals surface area contributed by atoms with Crippen LogP contribution in [0.4, 0.5) is 0 Å². The van der Waals surface area contributed by atoms with Crippen LogP contribution in [-0.2, 0) is 17.6 Å². The lowest BCUT2D eigenvalue weighted by molar-refractivity contribution is -0.136. The number of hydrogen-bond acceptors (Lipinski definition) is 4. The highest BCUT2D eigenvalue weighted by molar-refractivity contribution is 6.08. The average Bonchev–Trinajstić information content (AvgIpc) is 2.89. The number of primary amides is 1. The zero-order valence-electron chi connectivity index (χ0n) is 12.3. The van der Waals surface area contributed by atoms with Crippen LogP contribution in [0.25, 0.3) is 5.69 Å². The molecule has 1 aliphatic carbocycles. The highest BCUT2D eigenvalue weighted by atomic mass is 16.4. The van der Waals surface area contributed by atoms with Crippen LogP contribution in [0.15, 0.2) is 24.3 Å². The first-order chi connectivity index (χ1) is 11.0. The summed E-state index contributed by atoms with van der Waals surface area (Å²) in [5.41, 5.74) is 7.66. The van der Waals surface area contributed by atoms with E-state index < -0.39 is 11.9 Å². The zero-order valence-corrected chi connectivity index (χ0v) is 12.3. The molecule has 2 aromatic rings. The van der Waals surface area contributed by atoms with Gasteiger partial charge in [-0.15, -0.1) is 0 Å². The summed E-state index contributed by atoms with van der Waals surface area (Å²) < 4.78 is 1.55. The van der Waals surface area contributed by atoms with E-state index in [2.05, 4.69) is 5.10 Å². The molecule has 0 aliphatic heterocycles. The molecule has 0 fully saturated rings. The molecule has 0 bridgehead atoms. The predicted molar refractivity (Wildman–Crippen MR) is 80.7 cm³/mol. The van der Waals surface area contributed by atoms with Crippen LogP contribution in [0.3, 0.4) is 0 Å². The fourth-order valence-electron chi connectivity index (χ4n) is 2.83. The van der Waals surface area contributed by atoms with Gasteiger partial charge in [-0.2, -0.15) is 5.10 Å². The molecule has 1 aliphatic rings. The summed E-state index contributed by atoms with van der Waals surface area (Å²) in [6, 6.07) is 6.81. The van der Waals surface area contributed by atoms with E-state index in [1.54, 1.807) is 28.9 Å². The molecule has 0 radical (unpaired) electrons. The van der Waals surface area contributed by atoms with Gasteiger partial charge in [0.1, 0.15) is 0 Å². The van der Waals surface area contributed by atoms with Gasteiger partial charge < -0.3 is 10.8 Å². The lowest BCUT2D eigenvalue weighted by Gasteiger charge is -2.13. The number of Topliss-reactive ketones (excluding diaryl/α,β-unsaturated/α-hetero) is 1. The van der Waals surface area contributed by atoms with Crippen LogP contribution in [0.2, 0.25) is 0 Å². The summed E-state index contributed by atoms with van der Waals surface area (Å²) in [5.74, 6) is -1.75. The molecular formula is C16H15N3O4. The van der Waals surface area contributed by atoms with E-state index in [4.69, 9.17) is 10.8 Å². The monoisotopic (exact) mass is 313 g/mol. The third kappa shape index (κ3) is 2.73. The molecule has 1 heterocycles. The first kappa shape index (κ1) is 15.0. The van der Waals surface area contributed by atoms with Crippen molar-refractivity contribution in [2.75, 3.05) is 0 Å². The lowest BCUT2D eigenvalue weighted by Crippen LogP contribution is -2.18. The van der Waals surface area contributed by atoms with E-state index in [0.29, 0.717) is 41.8 Å². The van der Waals surface area contributed by atoms with Crippen LogP contribution in [0, 0.1) is 0 Å². The number of rotatable bonds is 4. The molecule has 7 heteroatoms. The molecule has 23 heavy (non-hydrogen) atoms. The minimum atomic E-state index is -0.907. The molecule has 3 N–H and O–H groups in total. The summed E-state index contributed by atoms with van der Waals surface area (Å²) in [6.07, 6.45) is 1.66. The van der Waals surface area contributed by atoms with Crippen LogP contribution < -0.4 is 5.73 Å². The maximum absolute atomic E-state index is 12.1. The van der Waals surface area contributed by atoms with E-state index in [1.165, 1.54) is 0 Å². The lowest BCUT2D eigenvalue weighted by atomic mass is 9.94. The van der Waals surface area contributed by atoms with Crippen LogP contribution >= 0.6 is 0 Å². The fourth-order valence-corrected chi connectivity index (χ4v) is 2.83. The minimum Gasteiger partial charge on any atom is -0.481 e. The van der Waals surface area contributed by atoms with Gasteiger partial charge in [-0.3, -0.25) is 14.4 Å². The number of amides is 1. The molecule has 1 amide bonds. The number of ketones is 1. The van der Waals surface area contributed by atoms with Crippen LogP contribution in [0.5, 0.6) is 0 Å². The number of carboxylic acids is 1. The Kier molecular flexibility index (Phi) is 3.69. The number of nitrogens with two attached hydrogens (primary N) is 1. The highest BCUT2D eigenvalue weighted by Crippen LogP contribution is 2.27. The first-order valence-corrected chi connectivity index (χ1v) is 7.23. The average molecular weight is 313 g/mol. The molecular weight excluding hydrogens is 298 g/mol. The van der Waals surface area contributed by atoms with E-state index in [1.807, 2.05) is 0 Å².